The van der Waals surface area contributed by atoms with Crippen molar-refractivity contribution in [3.8, 4) is 11.5 Å². The molecule has 1 aliphatic heterocycles. The summed E-state index contributed by atoms with van der Waals surface area (Å²) >= 11 is 0. The van der Waals surface area contributed by atoms with Crippen molar-refractivity contribution in [1.29, 1.82) is 0 Å². The molecule has 3 nitrogen and oxygen atoms in total. The molecular weight excluding hydrogens is 202 g/mol. The molecule has 16 heavy (non-hydrogen) atoms. The van der Waals surface area contributed by atoms with Crippen LogP contribution >= 0.6 is 0 Å². The fraction of sp³-hybridized carbons (Fsp3) is 0.538. The lowest BCUT2D eigenvalue weighted by atomic mass is 9.86. The quantitative estimate of drug-likeness (QED) is 0.804. The van der Waals surface area contributed by atoms with Crippen LogP contribution in [0.25, 0.3) is 0 Å². The number of aromatic hydroxyl groups is 1. The van der Waals surface area contributed by atoms with E-state index in [4.69, 9.17) is 4.74 Å². The van der Waals surface area contributed by atoms with E-state index in [0.29, 0.717) is 5.92 Å². The Balaban J connectivity index is 2.37. The van der Waals surface area contributed by atoms with Crippen LogP contribution in [0.3, 0.4) is 0 Å². The van der Waals surface area contributed by atoms with Gasteiger partial charge >= 0.3 is 0 Å². The van der Waals surface area contributed by atoms with Crippen LogP contribution in [0.2, 0.25) is 0 Å². The Bertz CT molecular complexity index is 370. The van der Waals surface area contributed by atoms with Crippen molar-refractivity contribution in [2.75, 3.05) is 20.2 Å². The van der Waals surface area contributed by atoms with Crippen LogP contribution in [0.4, 0.5) is 0 Å². The van der Waals surface area contributed by atoms with E-state index in [0.717, 1.165) is 37.2 Å². The van der Waals surface area contributed by atoms with Crippen molar-refractivity contribution in [3.63, 3.8) is 0 Å². The van der Waals surface area contributed by atoms with Gasteiger partial charge in [-0.05, 0) is 50.4 Å². The first-order valence-electron chi connectivity index (χ1n) is 5.80. The van der Waals surface area contributed by atoms with Gasteiger partial charge in [0.05, 0.1) is 7.11 Å². The van der Waals surface area contributed by atoms with Crippen LogP contribution in [0.15, 0.2) is 12.1 Å². The van der Waals surface area contributed by atoms with Crippen LogP contribution in [-0.4, -0.2) is 25.3 Å². The van der Waals surface area contributed by atoms with Gasteiger partial charge in [0, 0.05) is 11.6 Å². The maximum atomic E-state index is 9.56. The predicted molar refractivity (Wildman–Crippen MR) is 64.2 cm³/mol. The first kappa shape index (κ1) is 11.3. The molecule has 2 N–H and O–H groups in total. The average Bonchev–Trinajstić information content (AvgIpc) is 2.29. The number of hydrogen-bond donors (Lipinski definition) is 2. The van der Waals surface area contributed by atoms with E-state index in [2.05, 4.69) is 5.32 Å². The number of hydrogen-bond acceptors (Lipinski definition) is 3. The smallest absolute Gasteiger partial charge is 0.126 e. The summed E-state index contributed by atoms with van der Waals surface area (Å²) in [6.07, 6.45) is 2.28. The summed E-state index contributed by atoms with van der Waals surface area (Å²) in [6.45, 7) is 4.17. The van der Waals surface area contributed by atoms with Gasteiger partial charge in [-0.1, -0.05) is 0 Å². The van der Waals surface area contributed by atoms with Crippen LogP contribution < -0.4 is 10.1 Å². The highest BCUT2D eigenvalue weighted by atomic mass is 16.5. The van der Waals surface area contributed by atoms with Crippen molar-refractivity contribution >= 4 is 0 Å². The Hall–Kier alpha value is -1.22. The fourth-order valence-corrected chi connectivity index (χ4v) is 2.55. The number of phenolic OH excluding ortho intramolecular Hbond substituents is 1. The van der Waals surface area contributed by atoms with Gasteiger partial charge in [0.25, 0.3) is 0 Å². The molecule has 1 fully saturated rings. The molecule has 0 spiro atoms. The third kappa shape index (κ3) is 2.14. The van der Waals surface area contributed by atoms with Crippen molar-refractivity contribution in [2.45, 2.75) is 25.7 Å². The van der Waals surface area contributed by atoms with Crippen LogP contribution in [0.5, 0.6) is 11.5 Å². The second-order valence-corrected chi connectivity index (χ2v) is 4.40. The zero-order valence-corrected chi connectivity index (χ0v) is 9.92. The van der Waals surface area contributed by atoms with Gasteiger partial charge in [0.2, 0.25) is 0 Å². The summed E-state index contributed by atoms with van der Waals surface area (Å²) in [7, 11) is 1.67. The highest BCUT2D eigenvalue weighted by Crippen LogP contribution is 2.37. The Labute approximate surface area is 96.4 Å². The molecule has 3 heteroatoms. The number of aryl methyl sites for hydroxylation is 1. The normalized spacial score (nSPS) is 17.4. The standard InChI is InChI=1S/C13H19NO2/c1-9-7-11(15)8-12(16-2)13(9)10-3-5-14-6-4-10/h7-8,10,14-15H,3-6H2,1-2H3. The van der Waals surface area contributed by atoms with E-state index >= 15 is 0 Å². The van der Waals surface area contributed by atoms with E-state index in [1.165, 1.54) is 5.56 Å². The molecule has 0 saturated carbocycles. The third-order valence-corrected chi connectivity index (χ3v) is 3.30. The van der Waals surface area contributed by atoms with Gasteiger partial charge in [0.15, 0.2) is 0 Å². The summed E-state index contributed by atoms with van der Waals surface area (Å²) in [5.74, 6) is 1.66. The molecule has 0 aliphatic carbocycles. The lowest BCUT2D eigenvalue weighted by Gasteiger charge is -2.26. The lowest BCUT2D eigenvalue weighted by molar-refractivity contribution is 0.385. The molecule has 1 aromatic rings. The van der Waals surface area contributed by atoms with Crippen molar-refractivity contribution in [2.24, 2.45) is 0 Å². The lowest BCUT2D eigenvalue weighted by Crippen LogP contribution is -2.27. The maximum absolute atomic E-state index is 9.56. The van der Waals surface area contributed by atoms with Gasteiger partial charge in [-0.15, -0.1) is 0 Å². The fourth-order valence-electron chi connectivity index (χ4n) is 2.55. The Morgan fingerprint density at radius 1 is 1.31 bits per heavy atom. The van der Waals surface area contributed by atoms with E-state index < -0.39 is 0 Å². The summed E-state index contributed by atoms with van der Waals surface area (Å²) in [5.41, 5.74) is 2.39. The van der Waals surface area contributed by atoms with Crippen LogP contribution in [0, 0.1) is 6.92 Å². The topological polar surface area (TPSA) is 41.5 Å². The first-order chi connectivity index (χ1) is 7.72. The van der Waals surface area contributed by atoms with Crippen LogP contribution in [0.1, 0.15) is 29.9 Å². The molecule has 1 aromatic carbocycles. The first-order valence-corrected chi connectivity index (χ1v) is 5.80. The van der Waals surface area contributed by atoms with Crippen molar-refractivity contribution in [1.82, 2.24) is 5.32 Å². The molecule has 0 unspecified atom stereocenters. The van der Waals surface area contributed by atoms with E-state index in [1.807, 2.05) is 13.0 Å². The van der Waals surface area contributed by atoms with E-state index in [-0.39, 0.29) is 5.75 Å². The number of benzene rings is 1. The number of nitrogens with one attached hydrogen (secondary N) is 1. The molecule has 0 amide bonds. The molecule has 1 saturated heterocycles. The summed E-state index contributed by atoms with van der Waals surface area (Å²) in [5, 5.41) is 12.9. The monoisotopic (exact) mass is 221 g/mol. The zero-order chi connectivity index (χ0) is 11.5. The second-order valence-electron chi connectivity index (χ2n) is 4.40. The molecule has 2 rings (SSSR count). The minimum absolute atomic E-state index is 0.284. The Kier molecular flexibility index (Phi) is 3.34. The van der Waals surface area contributed by atoms with Crippen molar-refractivity contribution < 1.29 is 9.84 Å². The van der Waals surface area contributed by atoms with Gasteiger partial charge < -0.3 is 15.2 Å². The Morgan fingerprint density at radius 3 is 2.62 bits per heavy atom. The number of methoxy groups -OCH3 is 1. The molecule has 0 radical (unpaired) electrons. The molecule has 0 aromatic heterocycles. The number of piperidine rings is 1. The highest BCUT2D eigenvalue weighted by molar-refractivity contribution is 5.47. The molecular formula is C13H19NO2. The molecule has 0 atom stereocenters. The summed E-state index contributed by atoms with van der Waals surface area (Å²) in [4.78, 5) is 0. The number of rotatable bonds is 2. The molecule has 88 valence electrons. The van der Waals surface area contributed by atoms with E-state index in [9.17, 15) is 5.11 Å². The van der Waals surface area contributed by atoms with E-state index in [1.54, 1.807) is 13.2 Å². The van der Waals surface area contributed by atoms with Gasteiger partial charge in [-0.2, -0.15) is 0 Å². The average molecular weight is 221 g/mol. The molecule has 1 heterocycles. The second kappa shape index (κ2) is 4.74. The van der Waals surface area contributed by atoms with Gasteiger partial charge in [-0.25, -0.2) is 0 Å². The Morgan fingerprint density at radius 2 is 2.00 bits per heavy atom. The van der Waals surface area contributed by atoms with Gasteiger partial charge in [-0.3, -0.25) is 0 Å². The SMILES string of the molecule is COc1cc(O)cc(C)c1C1CCNCC1. The van der Waals surface area contributed by atoms with Crippen molar-refractivity contribution in [3.05, 3.63) is 23.3 Å². The number of phenols is 1. The minimum atomic E-state index is 0.284. The molecule has 1 aliphatic rings. The zero-order valence-electron chi connectivity index (χ0n) is 9.92. The third-order valence-electron chi connectivity index (χ3n) is 3.30. The summed E-state index contributed by atoms with van der Waals surface area (Å²) < 4.78 is 5.38. The van der Waals surface area contributed by atoms with Gasteiger partial charge in [0.1, 0.15) is 11.5 Å². The number of ether oxygens (including phenoxy) is 1. The van der Waals surface area contributed by atoms with Crippen LogP contribution in [-0.2, 0) is 0 Å². The molecule has 0 bridgehead atoms. The largest absolute Gasteiger partial charge is 0.508 e. The highest BCUT2D eigenvalue weighted by Gasteiger charge is 2.21. The summed E-state index contributed by atoms with van der Waals surface area (Å²) in [6, 6.07) is 3.53. The minimum Gasteiger partial charge on any atom is -0.508 e. The maximum Gasteiger partial charge on any atom is 0.126 e. The predicted octanol–water partition coefficient (Wildman–Crippen LogP) is 2.18.